The maximum atomic E-state index is 13.8. The number of carbonyl (C=O) groups is 2. The molecule has 1 aromatic rings. The second kappa shape index (κ2) is 4.45. The third kappa shape index (κ3) is 2.17. The number of halogens is 2. The highest BCUT2D eigenvalue weighted by atomic mass is 35.5. The molecule has 2 rings (SSSR count). The molecule has 2 atom stereocenters. The molecule has 1 aliphatic heterocycles. The fourth-order valence-corrected chi connectivity index (χ4v) is 2.23. The van der Waals surface area contributed by atoms with Crippen LogP contribution in [0.25, 0.3) is 0 Å². The number of hydrogen-bond donors (Lipinski definition) is 1. The molecule has 0 bridgehead atoms. The summed E-state index contributed by atoms with van der Waals surface area (Å²) in [7, 11) is 0. The average Bonchev–Trinajstić information content (AvgIpc) is 2.27. The van der Waals surface area contributed by atoms with E-state index >= 15 is 0 Å². The third-order valence-corrected chi connectivity index (χ3v) is 3.36. The van der Waals surface area contributed by atoms with Crippen LogP contribution >= 0.6 is 11.6 Å². The molecule has 0 aromatic heterocycles. The first-order chi connectivity index (χ1) is 8.00. The molecule has 90 valence electrons. The first-order valence-corrected chi connectivity index (χ1v) is 5.66. The van der Waals surface area contributed by atoms with E-state index < -0.39 is 17.7 Å². The topological polar surface area (TPSA) is 46.2 Å². The summed E-state index contributed by atoms with van der Waals surface area (Å²) in [6, 6.07) is 4.62. The van der Waals surface area contributed by atoms with Crippen LogP contribution in [0.15, 0.2) is 18.2 Å². The van der Waals surface area contributed by atoms with Crippen molar-refractivity contribution in [2.75, 3.05) is 0 Å². The van der Waals surface area contributed by atoms with Gasteiger partial charge in [0.2, 0.25) is 11.8 Å². The summed E-state index contributed by atoms with van der Waals surface area (Å²) in [6.45, 7) is 1.67. The van der Waals surface area contributed by atoms with Crippen molar-refractivity contribution in [3.05, 3.63) is 34.6 Å². The Hall–Kier alpha value is -1.42. The van der Waals surface area contributed by atoms with Crippen molar-refractivity contribution in [2.45, 2.75) is 19.3 Å². The number of hydrogen-bond acceptors (Lipinski definition) is 2. The van der Waals surface area contributed by atoms with E-state index in [0.29, 0.717) is 5.56 Å². The molecule has 0 radical (unpaired) electrons. The molecular weight excluding hydrogens is 245 g/mol. The zero-order valence-electron chi connectivity index (χ0n) is 9.17. The van der Waals surface area contributed by atoms with Crippen LogP contribution in [0.5, 0.6) is 0 Å². The van der Waals surface area contributed by atoms with Crippen LogP contribution in [0.2, 0.25) is 5.02 Å². The second-order valence-corrected chi connectivity index (χ2v) is 4.56. The van der Waals surface area contributed by atoms with Crippen LogP contribution in [-0.4, -0.2) is 11.8 Å². The van der Waals surface area contributed by atoms with Crippen LogP contribution in [-0.2, 0) is 9.59 Å². The molecule has 5 heteroatoms. The lowest BCUT2D eigenvalue weighted by Gasteiger charge is -2.28. The molecule has 0 spiro atoms. The Bertz CT molecular complexity index is 489. The van der Waals surface area contributed by atoms with Gasteiger partial charge >= 0.3 is 0 Å². The van der Waals surface area contributed by atoms with E-state index in [4.69, 9.17) is 11.6 Å². The Morgan fingerprint density at radius 1 is 1.41 bits per heavy atom. The lowest BCUT2D eigenvalue weighted by atomic mass is 9.81. The predicted octanol–water partition coefficient (Wildman–Crippen LogP) is 2.25. The summed E-state index contributed by atoms with van der Waals surface area (Å²) in [5, 5.41) is 2.24. The summed E-state index contributed by atoms with van der Waals surface area (Å²) in [5.41, 5.74) is 0.327. The van der Waals surface area contributed by atoms with E-state index in [-0.39, 0.29) is 23.3 Å². The number of nitrogens with one attached hydrogen (secondary N) is 1. The quantitative estimate of drug-likeness (QED) is 0.783. The van der Waals surface area contributed by atoms with Crippen molar-refractivity contribution in [2.24, 2.45) is 5.92 Å². The number of amides is 2. The normalized spacial score (nSPS) is 24.6. The minimum absolute atomic E-state index is 0.00753. The van der Waals surface area contributed by atoms with Crippen molar-refractivity contribution in [1.82, 2.24) is 5.32 Å². The lowest BCUT2D eigenvalue weighted by molar-refractivity contribution is -0.136. The van der Waals surface area contributed by atoms with E-state index in [2.05, 4.69) is 5.32 Å². The van der Waals surface area contributed by atoms with Crippen LogP contribution in [0.3, 0.4) is 0 Å². The molecule has 1 saturated heterocycles. The van der Waals surface area contributed by atoms with Gasteiger partial charge in [0.1, 0.15) is 5.82 Å². The van der Waals surface area contributed by atoms with Crippen molar-refractivity contribution < 1.29 is 14.0 Å². The van der Waals surface area contributed by atoms with Gasteiger partial charge in [0.05, 0.1) is 5.02 Å². The van der Waals surface area contributed by atoms with E-state index in [1.54, 1.807) is 19.1 Å². The van der Waals surface area contributed by atoms with Crippen LogP contribution in [0.1, 0.15) is 24.8 Å². The highest BCUT2D eigenvalue weighted by molar-refractivity contribution is 6.30. The molecule has 0 saturated carbocycles. The number of imide groups is 1. The summed E-state index contributed by atoms with van der Waals surface area (Å²) in [4.78, 5) is 22.8. The predicted molar refractivity (Wildman–Crippen MR) is 61.1 cm³/mol. The lowest BCUT2D eigenvalue weighted by Crippen LogP contribution is -2.43. The Morgan fingerprint density at radius 2 is 2.12 bits per heavy atom. The zero-order valence-corrected chi connectivity index (χ0v) is 9.92. The van der Waals surface area contributed by atoms with Gasteiger partial charge in [-0.15, -0.1) is 0 Å². The Balaban J connectivity index is 2.41. The molecular formula is C12H11ClFNO2. The Kier molecular flexibility index (Phi) is 3.15. The smallest absolute Gasteiger partial charge is 0.230 e. The Labute approximate surface area is 103 Å². The van der Waals surface area contributed by atoms with E-state index in [1.165, 1.54) is 6.07 Å². The molecule has 3 nitrogen and oxygen atoms in total. The van der Waals surface area contributed by atoms with Crippen LogP contribution in [0.4, 0.5) is 4.39 Å². The molecule has 1 heterocycles. The van der Waals surface area contributed by atoms with Gasteiger partial charge in [-0.2, -0.15) is 0 Å². The molecule has 2 amide bonds. The standard InChI is InChI=1S/C12H11ClFNO2/c1-6-8(5-10(16)15-12(6)17)7-3-2-4-9(13)11(7)14/h2-4,6,8H,5H2,1H3,(H,15,16,17). The first-order valence-electron chi connectivity index (χ1n) is 5.28. The van der Waals surface area contributed by atoms with Crippen LogP contribution in [0, 0.1) is 11.7 Å². The molecule has 0 aliphatic carbocycles. The van der Waals surface area contributed by atoms with E-state index in [0.717, 1.165) is 0 Å². The number of rotatable bonds is 1. The maximum Gasteiger partial charge on any atom is 0.230 e. The summed E-state index contributed by atoms with van der Waals surface area (Å²) in [6.07, 6.45) is 0.101. The summed E-state index contributed by atoms with van der Waals surface area (Å²) in [5.74, 6) is -2.19. The molecule has 1 N–H and O–H groups in total. The SMILES string of the molecule is CC1C(=O)NC(=O)CC1c1cccc(Cl)c1F. The summed E-state index contributed by atoms with van der Waals surface area (Å²) < 4.78 is 13.8. The van der Waals surface area contributed by atoms with Gasteiger partial charge in [0.15, 0.2) is 0 Å². The zero-order chi connectivity index (χ0) is 12.6. The molecule has 1 aromatic carbocycles. The Morgan fingerprint density at radius 3 is 2.82 bits per heavy atom. The fraction of sp³-hybridized carbons (Fsp3) is 0.333. The van der Waals surface area contributed by atoms with Gasteiger partial charge < -0.3 is 0 Å². The fourth-order valence-electron chi connectivity index (χ4n) is 2.05. The molecule has 1 fully saturated rings. The minimum atomic E-state index is -0.548. The number of benzene rings is 1. The van der Waals surface area contributed by atoms with Crippen molar-refractivity contribution in [3.63, 3.8) is 0 Å². The van der Waals surface area contributed by atoms with Crippen LogP contribution < -0.4 is 5.32 Å². The van der Waals surface area contributed by atoms with Gasteiger partial charge in [-0.05, 0) is 11.6 Å². The van der Waals surface area contributed by atoms with Gasteiger partial charge in [-0.25, -0.2) is 4.39 Å². The second-order valence-electron chi connectivity index (χ2n) is 4.15. The van der Waals surface area contributed by atoms with Crippen molar-refractivity contribution in [1.29, 1.82) is 0 Å². The van der Waals surface area contributed by atoms with E-state index in [9.17, 15) is 14.0 Å². The molecule has 2 unspecified atom stereocenters. The van der Waals surface area contributed by atoms with Gasteiger partial charge in [0, 0.05) is 18.3 Å². The molecule has 17 heavy (non-hydrogen) atoms. The monoisotopic (exact) mass is 255 g/mol. The van der Waals surface area contributed by atoms with Gasteiger partial charge in [-0.3, -0.25) is 14.9 Å². The van der Waals surface area contributed by atoms with Crippen molar-refractivity contribution in [3.8, 4) is 0 Å². The van der Waals surface area contributed by atoms with Crippen molar-refractivity contribution >= 4 is 23.4 Å². The largest absolute Gasteiger partial charge is 0.296 e. The highest BCUT2D eigenvalue weighted by Gasteiger charge is 2.35. The summed E-state index contributed by atoms with van der Waals surface area (Å²) >= 11 is 5.69. The van der Waals surface area contributed by atoms with Gasteiger partial charge in [-0.1, -0.05) is 30.7 Å². The average molecular weight is 256 g/mol. The third-order valence-electron chi connectivity index (χ3n) is 3.07. The first kappa shape index (κ1) is 12.0. The highest BCUT2D eigenvalue weighted by Crippen LogP contribution is 2.34. The number of piperidine rings is 1. The van der Waals surface area contributed by atoms with E-state index in [1.807, 2.05) is 0 Å². The molecule has 1 aliphatic rings. The maximum absolute atomic E-state index is 13.8. The van der Waals surface area contributed by atoms with Gasteiger partial charge in [0.25, 0.3) is 0 Å². The number of carbonyl (C=O) groups excluding carboxylic acids is 2. The minimum Gasteiger partial charge on any atom is -0.296 e.